The monoisotopic (exact) mass is 266 g/mol. The second kappa shape index (κ2) is 5.65. The number of rotatable bonds is 5. The van der Waals surface area contributed by atoms with E-state index in [0.29, 0.717) is 0 Å². The Morgan fingerprint density at radius 2 is 2.15 bits per heavy atom. The van der Waals surface area contributed by atoms with Crippen molar-refractivity contribution in [2.45, 2.75) is 20.0 Å². The number of imidazole rings is 1. The molecular weight excluding hydrogens is 248 g/mol. The van der Waals surface area contributed by atoms with Gasteiger partial charge in [-0.15, -0.1) is 0 Å². The Morgan fingerprint density at radius 3 is 2.90 bits per heavy atom. The molecule has 0 fully saturated rings. The number of hydrogen-bond donors (Lipinski definition) is 1. The van der Waals surface area contributed by atoms with Crippen molar-refractivity contribution in [3.8, 4) is 5.69 Å². The third-order valence-corrected chi connectivity index (χ3v) is 3.32. The third kappa shape index (κ3) is 2.74. The summed E-state index contributed by atoms with van der Waals surface area (Å²) in [6, 6.07) is 10.5. The molecule has 4 heteroatoms. The summed E-state index contributed by atoms with van der Waals surface area (Å²) in [4.78, 5) is 4.07. The number of anilines is 1. The van der Waals surface area contributed by atoms with Crippen LogP contribution in [0.1, 0.15) is 12.5 Å². The number of aryl methyl sites for hydroxylation is 1. The molecule has 0 saturated carbocycles. The van der Waals surface area contributed by atoms with Crippen molar-refractivity contribution >= 4 is 5.69 Å². The molecule has 4 nitrogen and oxygen atoms in total. The first-order chi connectivity index (χ1) is 9.85. The molecule has 0 aliphatic carbocycles. The van der Waals surface area contributed by atoms with E-state index in [-0.39, 0.29) is 0 Å². The molecule has 2 aromatic heterocycles. The van der Waals surface area contributed by atoms with E-state index >= 15 is 0 Å². The topological polar surface area (TPSA) is 34.8 Å². The van der Waals surface area contributed by atoms with Crippen LogP contribution in [-0.2, 0) is 13.1 Å². The fraction of sp³-hybridized carbons (Fsp3) is 0.188. The van der Waals surface area contributed by atoms with Crippen LogP contribution in [0, 0.1) is 0 Å². The second-order valence-electron chi connectivity index (χ2n) is 4.72. The van der Waals surface area contributed by atoms with Gasteiger partial charge in [-0.1, -0.05) is 6.07 Å². The van der Waals surface area contributed by atoms with E-state index in [0.717, 1.165) is 24.5 Å². The van der Waals surface area contributed by atoms with Crippen LogP contribution in [0.4, 0.5) is 5.69 Å². The summed E-state index contributed by atoms with van der Waals surface area (Å²) in [6.45, 7) is 3.99. The Morgan fingerprint density at radius 1 is 1.20 bits per heavy atom. The van der Waals surface area contributed by atoms with Gasteiger partial charge < -0.3 is 14.5 Å². The van der Waals surface area contributed by atoms with Crippen molar-refractivity contribution in [2.75, 3.05) is 5.32 Å². The number of benzene rings is 1. The Labute approximate surface area is 118 Å². The van der Waals surface area contributed by atoms with Crippen LogP contribution in [0.2, 0.25) is 0 Å². The van der Waals surface area contributed by atoms with Crippen LogP contribution < -0.4 is 5.32 Å². The van der Waals surface area contributed by atoms with Gasteiger partial charge in [-0.3, -0.25) is 0 Å². The van der Waals surface area contributed by atoms with Crippen molar-refractivity contribution in [1.29, 1.82) is 0 Å². The molecule has 0 radical (unpaired) electrons. The normalized spacial score (nSPS) is 10.7. The zero-order valence-corrected chi connectivity index (χ0v) is 11.5. The smallest absolute Gasteiger partial charge is 0.0991 e. The van der Waals surface area contributed by atoms with E-state index in [1.807, 2.05) is 10.8 Å². The lowest BCUT2D eigenvalue weighted by Crippen LogP contribution is -2.00. The molecule has 0 spiro atoms. The van der Waals surface area contributed by atoms with Gasteiger partial charge in [0.25, 0.3) is 0 Å². The van der Waals surface area contributed by atoms with Crippen molar-refractivity contribution < 1.29 is 0 Å². The maximum atomic E-state index is 4.07. The zero-order valence-electron chi connectivity index (χ0n) is 11.5. The van der Waals surface area contributed by atoms with E-state index in [2.05, 4.69) is 64.5 Å². The summed E-state index contributed by atoms with van der Waals surface area (Å²) in [6.07, 6.45) is 9.82. The Kier molecular flexibility index (Phi) is 3.54. The number of hydrogen-bond acceptors (Lipinski definition) is 2. The van der Waals surface area contributed by atoms with Gasteiger partial charge in [0.1, 0.15) is 0 Å². The van der Waals surface area contributed by atoms with Crippen molar-refractivity contribution in [2.24, 2.45) is 0 Å². The first-order valence-electron chi connectivity index (χ1n) is 6.82. The number of aromatic nitrogens is 3. The average molecular weight is 266 g/mol. The molecule has 3 aromatic rings. The van der Waals surface area contributed by atoms with E-state index in [4.69, 9.17) is 0 Å². The van der Waals surface area contributed by atoms with Gasteiger partial charge in [0.15, 0.2) is 0 Å². The Hall–Kier alpha value is -2.49. The molecule has 0 unspecified atom stereocenters. The van der Waals surface area contributed by atoms with Crippen LogP contribution in [0.25, 0.3) is 5.69 Å². The zero-order chi connectivity index (χ0) is 13.8. The van der Waals surface area contributed by atoms with Crippen molar-refractivity contribution in [3.05, 3.63) is 67.0 Å². The molecule has 1 N–H and O–H groups in total. The lowest BCUT2D eigenvalue weighted by Gasteiger charge is -2.08. The molecule has 3 rings (SSSR count). The average Bonchev–Trinajstić information content (AvgIpc) is 3.17. The lowest BCUT2D eigenvalue weighted by atomic mass is 10.2. The van der Waals surface area contributed by atoms with Gasteiger partial charge >= 0.3 is 0 Å². The van der Waals surface area contributed by atoms with Crippen LogP contribution in [0.15, 0.2) is 61.4 Å². The lowest BCUT2D eigenvalue weighted by molar-refractivity contribution is 0.766. The van der Waals surface area contributed by atoms with Crippen molar-refractivity contribution in [3.63, 3.8) is 0 Å². The fourth-order valence-corrected chi connectivity index (χ4v) is 2.18. The molecule has 20 heavy (non-hydrogen) atoms. The molecule has 0 aliphatic heterocycles. The summed E-state index contributed by atoms with van der Waals surface area (Å²) in [5.41, 5.74) is 3.51. The molecule has 0 bridgehead atoms. The van der Waals surface area contributed by atoms with Gasteiger partial charge in [0.05, 0.1) is 6.33 Å². The maximum Gasteiger partial charge on any atom is 0.0991 e. The van der Waals surface area contributed by atoms with Crippen LogP contribution in [0.5, 0.6) is 0 Å². The van der Waals surface area contributed by atoms with Gasteiger partial charge in [0.2, 0.25) is 0 Å². The summed E-state index contributed by atoms with van der Waals surface area (Å²) in [5, 5.41) is 3.45. The molecule has 0 aliphatic rings. The minimum Gasteiger partial charge on any atom is -0.381 e. The first-order valence-corrected chi connectivity index (χ1v) is 6.82. The highest BCUT2D eigenvalue weighted by atomic mass is 15.0. The predicted octanol–water partition coefficient (Wildman–Crippen LogP) is 3.31. The predicted molar refractivity (Wildman–Crippen MR) is 81.0 cm³/mol. The SMILES string of the molecule is CCn1ccc(CNc2cccc(-n3ccnc3)c2)c1. The number of nitrogens with one attached hydrogen (secondary N) is 1. The minimum atomic E-state index is 0.834. The van der Waals surface area contributed by atoms with Gasteiger partial charge in [-0.25, -0.2) is 4.98 Å². The van der Waals surface area contributed by atoms with E-state index < -0.39 is 0 Å². The summed E-state index contributed by atoms with van der Waals surface area (Å²) in [7, 11) is 0. The van der Waals surface area contributed by atoms with E-state index in [9.17, 15) is 0 Å². The minimum absolute atomic E-state index is 0.834. The first kappa shape index (κ1) is 12.5. The highest BCUT2D eigenvalue weighted by Crippen LogP contribution is 2.15. The van der Waals surface area contributed by atoms with E-state index in [1.54, 1.807) is 12.5 Å². The highest BCUT2D eigenvalue weighted by Gasteiger charge is 1.99. The Bertz CT molecular complexity index is 667. The van der Waals surface area contributed by atoms with Crippen molar-refractivity contribution in [1.82, 2.24) is 14.1 Å². The summed E-state index contributed by atoms with van der Waals surface area (Å²) in [5.74, 6) is 0. The van der Waals surface area contributed by atoms with E-state index in [1.165, 1.54) is 5.56 Å². The molecule has 1 aromatic carbocycles. The van der Waals surface area contributed by atoms with Gasteiger partial charge in [-0.05, 0) is 36.8 Å². The fourth-order valence-electron chi connectivity index (χ4n) is 2.18. The molecular formula is C16H18N4. The summed E-state index contributed by atoms with van der Waals surface area (Å²) >= 11 is 0. The maximum absolute atomic E-state index is 4.07. The molecule has 102 valence electrons. The largest absolute Gasteiger partial charge is 0.381 e. The quantitative estimate of drug-likeness (QED) is 0.769. The second-order valence-corrected chi connectivity index (χ2v) is 4.72. The van der Waals surface area contributed by atoms with Crippen LogP contribution in [-0.4, -0.2) is 14.1 Å². The molecule has 0 saturated heterocycles. The Balaban J connectivity index is 1.70. The van der Waals surface area contributed by atoms with Gasteiger partial charge in [0, 0.05) is 49.3 Å². The number of nitrogens with zero attached hydrogens (tertiary/aromatic N) is 3. The van der Waals surface area contributed by atoms with Crippen LogP contribution >= 0.6 is 0 Å². The van der Waals surface area contributed by atoms with Crippen LogP contribution in [0.3, 0.4) is 0 Å². The molecule has 0 amide bonds. The molecule has 0 atom stereocenters. The summed E-state index contributed by atoms with van der Waals surface area (Å²) < 4.78 is 4.18. The molecule has 2 heterocycles. The van der Waals surface area contributed by atoms with Gasteiger partial charge in [-0.2, -0.15) is 0 Å². The third-order valence-electron chi connectivity index (χ3n) is 3.32. The standard InChI is InChI=1S/C16H18N4/c1-2-19-8-6-14(12-19)11-18-15-4-3-5-16(10-15)20-9-7-17-13-20/h3-10,12-13,18H,2,11H2,1H3. The highest BCUT2D eigenvalue weighted by molar-refractivity contribution is 5.51.